The van der Waals surface area contributed by atoms with E-state index in [1.54, 1.807) is 0 Å². The molecule has 1 N–H and O–H groups in total. The maximum absolute atomic E-state index is 6.18. The van der Waals surface area contributed by atoms with Crippen LogP contribution >= 0.6 is 0 Å². The van der Waals surface area contributed by atoms with E-state index >= 15 is 0 Å². The Hall–Kier alpha value is -0.860. The maximum Gasteiger partial charge on any atom is 0.0943 e. The van der Waals surface area contributed by atoms with Gasteiger partial charge >= 0.3 is 0 Å². The van der Waals surface area contributed by atoms with Crippen molar-refractivity contribution in [2.24, 2.45) is 0 Å². The number of ether oxygens (including phenoxy) is 1. The standard InChI is InChI=1S/C16H25NO/c1-4-16(14-8-6-13(3)7-9-14)12-15(17-5-2)10-11-18-16/h6-9,15,17H,4-5,10-12H2,1-3H3. The van der Waals surface area contributed by atoms with Gasteiger partial charge in [0, 0.05) is 12.6 Å². The van der Waals surface area contributed by atoms with E-state index in [-0.39, 0.29) is 5.60 Å². The Balaban J connectivity index is 2.21. The van der Waals surface area contributed by atoms with Crippen LogP contribution in [0, 0.1) is 6.92 Å². The number of nitrogens with one attached hydrogen (secondary N) is 1. The highest BCUT2D eigenvalue weighted by atomic mass is 16.5. The van der Waals surface area contributed by atoms with E-state index in [1.165, 1.54) is 11.1 Å². The predicted octanol–water partition coefficient (Wildman–Crippen LogP) is 3.39. The van der Waals surface area contributed by atoms with Crippen LogP contribution in [0.3, 0.4) is 0 Å². The molecule has 1 aliphatic heterocycles. The summed E-state index contributed by atoms with van der Waals surface area (Å²) in [6.07, 6.45) is 3.25. The smallest absolute Gasteiger partial charge is 0.0943 e. The van der Waals surface area contributed by atoms with Crippen LogP contribution in [0.25, 0.3) is 0 Å². The minimum Gasteiger partial charge on any atom is -0.370 e. The second kappa shape index (κ2) is 5.85. The number of rotatable bonds is 4. The zero-order chi connectivity index (χ0) is 13.0. The van der Waals surface area contributed by atoms with Gasteiger partial charge in [-0.25, -0.2) is 0 Å². The van der Waals surface area contributed by atoms with E-state index in [1.807, 2.05) is 0 Å². The fourth-order valence-corrected chi connectivity index (χ4v) is 2.93. The average molecular weight is 247 g/mol. The van der Waals surface area contributed by atoms with Crippen LogP contribution in [0.5, 0.6) is 0 Å². The minimum atomic E-state index is -0.0845. The molecule has 0 spiro atoms. The number of benzene rings is 1. The summed E-state index contributed by atoms with van der Waals surface area (Å²) in [6, 6.07) is 9.42. The van der Waals surface area contributed by atoms with E-state index in [0.717, 1.165) is 32.4 Å². The normalized spacial score (nSPS) is 28.3. The van der Waals surface area contributed by atoms with Crippen molar-refractivity contribution in [1.29, 1.82) is 0 Å². The first-order valence-corrected chi connectivity index (χ1v) is 7.14. The SMILES string of the molecule is CCNC1CCOC(CC)(c2ccc(C)cc2)C1. The van der Waals surface area contributed by atoms with Gasteiger partial charge < -0.3 is 10.1 Å². The summed E-state index contributed by atoms with van der Waals surface area (Å²) in [5.41, 5.74) is 2.56. The molecule has 1 aliphatic rings. The van der Waals surface area contributed by atoms with Gasteiger partial charge in [-0.05, 0) is 38.3 Å². The molecule has 1 aromatic carbocycles. The van der Waals surface area contributed by atoms with Crippen molar-refractivity contribution in [3.8, 4) is 0 Å². The topological polar surface area (TPSA) is 21.3 Å². The molecule has 1 saturated heterocycles. The molecule has 2 rings (SSSR count). The van der Waals surface area contributed by atoms with Crippen LogP contribution in [0.15, 0.2) is 24.3 Å². The molecular formula is C16H25NO. The van der Waals surface area contributed by atoms with Gasteiger partial charge in [-0.15, -0.1) is 0 Å². The third kappa shape index (κ3) is 2.76. The molecule has 18 heavy (non-hydrogen) atoms. The van der Waals surface area contributed by atoms with Crippen LogP contribution in [-0.2, 0) is 10.3 Å². The molecule has 1 aromatic rings. The van der Waals surface area contributed by atoms with E-state index < -0.39 is 0 Å². The molecule has 2 atom stereocenters. The van der Waals surface area contributed by atoms with Gasteiger partial charge in [0.25, 0.3) is 0 Å². The Kier molecular flexibility index (Phi) is 4.41. The van der Waals surface area contributed by atoms with Crippen molar-refractivity contribution < 1.29 is 4.74 Å². The van der Waals surface area contributed by atoms with Gasteiger partial charge in [0.2, 0.25) is 0 Å². The van der Waals surface area contributed by atoms with Gasteiger partial charge in [-0.3, -0.25) is 0 Å². The zero-order valence-electron chi connectivity index (χ0n) is 11.8. The summed E-state index contributed by atoms with van der Waals surface area (Å²) >= 11 is 0. The summed E-state index contributed by atoms with van der Waals surface area (Å²) in [6.45, 7) is 8.44. The lowest BCUT2D eigenvalue weighted by molar-refractivity contribution is -0.0966. The number of aryl methyl sites for hydroxylation is 1. The third-order valence-electron chi connectivity index (χ3n) is 4.06. The second-order valence-electron chi connectivity index (χ2n) is 5.31. The highest BCUT2D eigenvalue weighted by Crippen LogP contribution is 2.38. The van der Waals surface area contributed by atoms with Crippen molar-refractivity contribution in [2.45, 2.75) is 51.7 Å². The van der Waals surface area contributed by atoms with E-state index in [4.69, 9.17) is 4.74 Å². The van der Waals surface area contributed by atoms with E-state index in [2.05, 4.69) is 50.4 Å². The molecule has 1 fully saturated rings. The summed E-state index contributed by atoms with van der Waals surface area (Å²) in [5, 5.41) is 3.57. The highest BCUT2D eigenvalue weighted by Gasteiger charge is 2.37. The first-order valence-electron chi connectivity index (χ1n) is 7.14. The van der Waals surface area contributed by atoms with Crippen LogP contribution in [0.2, 0.25) is 0 Å². The van der Waals surface area contributed by atoms with Crippen molar-refractivity contribution in [2.75, 3.05) is 13.2 Å². The summed E-state index contributed by atoms with van der Waals surface area (Å²) in [5.74, 6) is 0. The van der Waals surface area contributed by atoms with Crippen LogP contribution in [-0.4, -0.2) is 19.2 Å². The zero-order valence-corrected chi connectivity index (χ0v) is 11.8. The monoisotopic (exact) mass is 247 g/mol. The lowest BCUT2D eigenvalue weighted by Gasteiger charge is -2.41. The summed E-state index contributed by atoms with van der Waals surface area (Å²) in [7, 11) is 0. The first kappa shape index (κ1) is 13.6. The lowest BCUT2D eigenvalue weighted by Crippen LogP contribution is -2.45. The largest absolute Gasteiger partial charge is 0.370 e. The fraction of sp³-hybridized carbons (Fsp3) is 0.625. The first-order chi connectivity index (χ1) is 8.70. The lowest BCUT2D eigenvalue weighted by atomic mass is 9.82. The van der Waals surface area contributed by atoms with E-state index in [0.29, 0.717) is 6.04 Å². The van der Waals surface area contributed by atoms with Crippen LogP contribution in [0.1, 0.15) is 44.2 Å². The predicted molar refractivity (Wildman–Crippen MR) is 75.8 cm³/mol. The quantitative estimate of drug-likeness (QED) is 0.880. The van der Waals surface area contributed by atoms with Crippen molar-refractivity contribution in [3.05, 3.63) is 35.4 Å². The molecule has 100 valence electrons. The van der Waals surface area contributed by atoms with Gasteiger partial charge in [0.15, 0.2) is 0 Å². The molecule has 2 unspecified atom stereocenters. The number of hydrogen-bond acceptors (Lipinski definition) is 2. The average Bonchev–Trinajstić information content (AvgIpc) is 2.40. The molecule has 1 heterocycles. The van der Waals surface area contributed by atoms with Crippen molar-refractivity contribution in [1.82, 2.24) is 5.32 Å². The molecule has 0 amide bonds. The molecule has 0 radical (unpaired) electrons. The molecule has 0 aromatic heterocycles. The summed E-state index contributed by atoms with van der Waals surface area (Å²) < 4.78 is 6.18. The van der Waals surface area contributed by atoms with Crippen molar-refractivity contribution in [3.63, 3.8) is 0 Å². The molecule has 2 heteroatoms. The Morgan fingerprint density at radius 1 is 1.28 bits per heavy atom. The van der Waals surface area contributed by atoms with E-state index in [9.17, 15) is 0 Å². The maximum atomic E-state index is 6.18. The molecular weight excluding hydrogens is 222 g/mol. The van der Waals surface area contributed by atoms with Crippen LogP contribution < -0.4 is 5.32 Å². The summed E-state index contributed by atoms with van der Waals surface area (Å²) in [4.78, 5) is 0. The van der Waals surface area contributed by atoms with Crippen molar-refractivity contribution >= 4 is 0 Å². The Bertz CT molecular complexity index is 371. The third-order valence-corrected chi connectivity index (χ3v) is 4.06. The van der Waals surface area contributed by atoms with Gasteiger partial charge in [0.1, 0.15) is 0 Å². The Labute approximate surface area is 111 Å². The number of hydrogen-bond donors (Lipinski definition) is 1. The van der Waals surface area contributed by atoms with Gasteiger partial charge in [-0.2, -0.15) is 0 Å². The molecule has 2 nitrogen and oxygen atoms in total. The fourth-order valence-electron chi connectivity index (χ4n) is 2.93. The second-order valence-corrected chi connectivity index (χ2v) is 5.31. The molecule has 0 saturated carbocycles. The highest BCUT2D eigenvalue weighted by molar-refractivity contribution is 5.27. The Morgan fingerprint density at radius 2 is 2.00 bits per heavy atom. The molecule has 0 aliphatic carbocycles. The van der Waals surface area contributed by atoms with Gasteiger partial charge in [-0.1, -0.05) is 43.7 Å². The Morgan fingerprint density at radius 3 is 2.61 bits per heavy atom. The minimum absolute atomic E-state index is 0.0845. The van der Waals surface area contributed by atoms with Crippen LogP contribution in [0.4, 0.5) is 0 Å². The molecule has 0 bridgehead atoms. The van der Waals surface area contributed by atoms with Gasteiger partial charge in [0.05, 0.1) is 5.60 Å².